The molecular weight excluding hydrogens is 381 g/mol. The van der Waals surface area contributed by atoms with Crippen molar-refractivity contribution >= 4 is 44.4 Å². The summed E-state index contributed by atoms with van der Waals surface area (Å²) in [5.41, 5.74) is 0.928. The van der Waals surface area contributed by atoms with E-state index in [1.807, 2.05) is 18.2 Å². The van der Waals surface area contributed by atoms with Gasteiger partial charge in [0.1, 0.15) is 0 Å². The van der Waals surface area contributed by atoms with E-state index in [2.05, 4.69) is 43.8 Å². The minimum Gasteiger partial charge on any atom is -0.347 e. The van der Waals surface area contributed by atoms with Gasteiger partial charge in [-0.2, -0.15) is 0 Å². The first-order valence-corrected chi connectivity index (χ1v) is 7.23. The zero-order valence-electron chi connectivity index (χ0n) is 8.59. The molecule has 0 aliphatic heterocycles. The standard InChI is InChI=1S/C12H11BrINO/c13-9-2-1-8(3-10(9)14)11(16)15-12-4-7(5-12)6-12/h1-3,7H,4-6H2,(H,15,16). The zero-order valence-corrected chi connectivity index (χ0v) is 12.3. The van der Waals surface area contributed by atoms with Gasteiger partial charge in [0.15, 0.2) is 0 Å². The Balaban J connectivity index is 1.75. The van der Waals surface area contributed by atoms with E-state index in [4.69, 9.17) is 0 Å². The molecule has 0 radical (unpaired) electrons. The van der Waals surface area contributed by atoms with E-state index in [1.54, 1.807) is 0 Å². The van der Waals surface area contributed by atoms with Crippen molar-refractivity contribution in [3.63, 3.8) is 0 Å². The van der Waals surface area contributed by atoms with Gasteiger partial charge in [-0.3, -0.25) is 4.79 Å². The number of nitrogens with one attached hydrogen (secondary N) is 1. The molecule has 16 heavy (non-hydrogen) atoms. The minimum absolute atomic E-state index is 0.0727. The Morgan fingerprint density at radius 2 is 2.12 bits per heavy atom. The monoisotopic (exact) mass is 391 g/mol. The Morgan fingerprint density at radius 1 is 1.44 bits per heavy atom. The normalized spacial score (nSPS) is 30.2. The Morgan fingerprint density at radius 3 is 2.62 bits per heavy atom. The van der Waals surface area contributed by atoms with Crippen LogP contribution in [0.15, 0.2) is 22.7 Å². The lowest BCUT2D eigenvalue weighted by atomic mass is 9.50. The highest BCUT2D eigenvalue weighted by Crippen LogP contribution is 2.56. The molecule has 3 aliphatic rings. The molecule has 84 valence electrons. The Labute approximate surface area is 116 Å². The number of amides is 1. The summed E-state index contributed by atoms with van der Waals surface area (Å²) in [7, 11) is 0. The van der Waals surface area contributed by atoms with Crippen LogP contribution in [-0.4, -0.2) is 11.4 Å². The SMILES string of the molecule is O=C(NC12CC(C1)C2)c1ccc(Br)c(I)c1. The lowest BCUT2D eigenvalue weighted by Gasteiger charge is -2.61. The van der Waals surface area contributed by atoms with Crippen LogP contribution in [0.25, 0.3) is 0 Å². The highest BCUT2D eigenvalue weighted by molar-refractivity contribution is 14.1. The maximum Gasteiger partial charge on any atom is 0.251 e. The second-order valence-electron chi connectivity index (χ2n) is 4.84. The fourth-order valence-corrected chi connectivity index (χ4v) is 3.34. The van der Waals surface area contributed by atoms with Crippen molar-refractivity contribution in [1.82, 2.24) is 5.32 Å². The third-order valence-corrected chi connectivity index (χ3v) is 5.92. The Bertz CT molecular complexity index is 457. The summed E-state index contributed by atoms with van der Waals surface area (Å²) in [4.78, 5) is 12.0. The van der Waals surface area contributed by atoms with Gasteiger partial charge in [0.25, 0.3) is 5.91 Å². The van der Waals surface area contributed by atoms with Crippen LogP contribution < -0.4 is 5.32 Å². The molecule has 1 N–H and O–H groups in total. The Hall–Kier alpha value is -0.100. The summed E-state index contributed by atoms with van der Waals surface area (Å²) < 4.78 is 2.11. The molecule has 4 rings (SSSR count). The lowest BCUT2D eigenvalue weighted by Crippen LogP contribution is -2.68. The summed E-state index contributed by atoms with van der Waals surface area (Å²) in [6.45, 7) is 0. The molecule has 0 spiro atoms. The van der Waals surface area contributed by atoms with E-state index < -0.39 is 0 Å². The molecule has 3 saturated carbocycles. The molecule has 3 fully saturated rings. The summed E-state index contributed by atoms with van der Waals surface area (Å²) >= 11 is 5.66. The van der Waals surface area contributed by atoms with Gasteiger partial charge in [-0.25, -0.2) is 0 Å². The van der Waals surface area contributed by atoms with E-state index in [1.165, 1.54) is 19.3 Å². The first-order chi connectivity index (χ1) is 7.58. The van der Waals surface area contributed by atoms with Crippen LogP contribution in [0.2, 0.25) is 0 Å². The van der Waals surface area contributed by atoms with Crippen LogP contribution in [0.3, 0.4) is 0 Å². The maximum atomic E-state index is 12.0. The van der Waals surface area contributed by atoms with Crippen LogP contribution in [0.1, 0.15) is 29.6 Å². The van der Waals surface area contributed by atoms with Crippen molar-refractivity contribution in [1.29, 1.82) is 0 Å². The lowest BCUT2D eigenvalue weighted by molar-refractivity contribution is -0.0438. The molecule has 0 saturated heterocycles. The summed E-state index contributed by atoms with van der Waals surface area (Å²) in [6.07, 6.45) is 3.56. The van der Waals surface area contributed by atoms with Crippen LogP contribution in [0, 0.1) is 9.49 Å². The molecule has 2 bridgehead atoms. The molecule has 1 aromatic rings. The first kappa shape index (κ1) is 11.0. The van der Waals surface area contributed by atoms with E-state index in [0.29, 0.717) is 0 Å². The van der Waals surface area contributed by atoms with E-state index in [9.17, 15) is 4.79 Å². The van der Waals surface area contributed by atoms with E-state index in [-0.39, 0.29) is 11.4 Å². The smallest absolute Gasteiger partial charge is 0.251 e. The number of hydrogen-bond donors (Lipinski definition) is 1. The van der Waals surface area contributed by atoms with E-state index >= 15 is 0 Å². The fraction of sp³-hybridized carbons (Fsp3) is 0.417. The molecular formula is C12H11BrINO. The third-order valence-electron chi connectivity index (χ3n) is 3.60. The zero-order chi connectivity index (χ0) is 11.3. The maximum absolute atomic E-state index is 12.0. The van der Waals surface area contributed by atoms with Crippen LogP contribution >= 0.6 is 38.5 Å². The van der Waals surface area contributed by atoms with Crippen molar-refractivity contribution < 1.29 is 4.79 Å². The summed E-state index contributed by atoms with van der Waals surface area (Å²) in [5.74, 6) is 0.967. The van der Waals surface area contributed by atoms with Gasteiger partial charge in [-0.05, 0) is 81.9 Å². The summed E-state index contributed by atoms with van der Waals surface area (Å²) in [6, 6.07) is 5.72. The average Bonchev–Trinajstić information content (AvgIpc) is 2.13. The van der Waals surface area contributed by atoms with Crippen LogP contribution in [-0.2, 0) is 0 Å². The number of carbonyl (C=O) groups excluding carboxylic acids is 1. The van der Waals surface area contributed by atoms with Gasteiger partial charge in [0.05, 0.1) is 0 Å². The number of hydrogen-bond acceptors (Lipinski definition) is 1. The number of halogens is 2. The molecule has 0 atom stereocenters. The molecule has 0 heterocycles. The molecule has 2 nitrogen and oxygen atoms in total. The molecule has 0 aromatic heterocycles. The number of rotatable bonds is 2. The largest absolute Gasteiger partial charge is 0.347 e. The fourth-order valence-electron chi connectivity index (χ4n) is 2.58. The molecule has 3 aliphatic carbocycles. The number of benzene rings is 1. The van der Waals surface area contributed by atoms with Crippen LogP contribution in [0.4, 0.5) is 0 Å². The minimum atomic E-state index is 0.0727. The molecule has 1 aromatic carbocycles. The van der Waals surface area contributed by atoms with Gasteiger partial charge in [0.2, 0.25) is 0 Å². The topological polar surface area (TPSA) is 29.1 Å². The highest BCUT2D eigenvalue weighted by Gasteiger charge is 2.57. The van der Waals surface area contributed by atoms with Crippen molar-refractivity contribution in [2.24, 2.45) is 5.92 Å². The van der Waals surface area contributed by atoms with Gasteiger partial charge in [-0.1, -0.05) is 0 Å². The van der Waals surface area contributed by atoms with Gasteiger partial charge < -0.3 is 5.32 Å². The van der Waals surface area contributed by atoms with Crippen molar-refractivity contribution in [2.45, 2.75) is 24.8 Å². The average molecular weight is 392 g/mol. The quantitative estimate of drug-likeness (QED) is 0.769. The molecule has 0 unspecified atom stereocenters. The second kappa shape index (κ2) is 3.70. The number of carbonyl (C=O) groups is 1. The van der Waals surface area contributed by atoms with Crippen molar-refractivity contribution in [3.8, 4) is 0 Å². The van der Waals surface area contributed by atoms with Crippen molar-refractivity contribution in [3.05, 3.63) is 31.8 Å². The second-order valence-corrected chi connectivity index (χ2v) is 6.86. The van der Waals surface area contributed by atoms with Gasteiger partial charge >= 0.3 is 0 Å². The van der Waals surface area contributed by atoms with Crippen LogP contribution in [0.5, 0.6) is 0 Å². The van der Waals surface area contributed by atoms with Gasteiger partial charge in [-0.15, -0.1) is 0 Å². The van der Waals surface area contributed by atoms with E-state index in [0.717, 1.165) is 19.5 Å². The molecule has 1 amide bonds. The van der Waals surface area contributed by atoms with Gasteiger partial charge in [0, 0.05) is 19.1 Å². The Kier molecular flexibility index (Phi) is 2.55. The summed E-state index contributed by atoms with van der Waals surface area (Å²) in [5, 5.41) is 3.16. The predicted octanol–water partition coefficient (Wildman–Crippen LogP) is 3.34. The highest BCUT2D eigenvalue weighted by atomic mass is 127. The third kappa shape index (κ3) is 1.70. The predicted molar refractivity (Wildman–Crippen MR) is 74.4 cm³/mol. The van der Waals surface area contributed by atoms with Crippen molar-refractivity contribution in [2.75, 3.05) is 0 Å². The molecule has 4 heteroatoms. The first-order valence-electron chi connectivity index (χ1n) is 5.36.